The quantitative estimate of drug-likeness (QED) is 0.249. The van der Waals surface area contributed by atoms with Crippen molar-refractivity contribution < 1.29 is 14.3 Å². The van der Waals surface area contributed by atoms with Crippen LogP contribution in [0.3, 0.4) is 0 Å². The Morgan fingerprint density at radius 1 is 1.31 bits per heavy atom. The number of nitrogens with one attached hydrogen (secondary N) is 2. The summed E-state index contributed by atoms with van der Waals surface area (Å²) in [7, 11) is 5.13. The fraction of sp³-hybridized carbons (Fsp3) is 0.889. The van der Waals surface area contributed by atoms with Crippen LogP contribution in [0, 0.1) is 11.3 Å². The number of guanidine groups is 1. The minimum absolute atomic E-state index is 0. The van der Waals surface area contributed by atoms with Gasteiger partial charge in [-0.05, 0) is 18.3 Å². The summed E-state index contributed by atoms with van der Waals surface area (Å²) < 4.78 is 11.1. The summed E-state index contributed by atoms with van der Waals surface area (Å²) in [6.07, 6.45) is 2.44. The molecule has 2 unspecified atom stereocenters. The van der Waals surface area contributed by atoms with Gasteiger partial charge in [-0.25, -0.2) is 4.99 Å². The lowest BCUT2D eigenvalue weighted by Crippen LogP contribution is -2.48. The van der Waals surface area contributed by atoms with Crippen LogP contribution in [0.2, 0.25) is 0 Å². The van der Waals surface area contributed by atoms with Crippen LogP contribution >= 0.6 is 24.0 Å². The Morgan fingerprint density at radius 3 is 2.58 bits per heavy atom. The molecule has 1 fully saturated rings. The molecule has 0 aliphatic carbocycles. The standard InChI is InChI=1S/C18H36N4O3.HI/c1-18(2,3)16-14(8-7-10-25-16)12-20-17(19-9-11-24-6)21-13-15(23)22(4)5;/h14,16H,7-13H2,1-6H3,(H2,19,20,21);1H. The maximum absolute atomic E-state index is 11.8. The van der Waals surface area contributed by atoms with Gasteiger partial charge >= 0.3 is 0 Å². The zero-order valence-electron chi connectivity index (χ0n) is 17.1. The van der Waals surface area contributed by atoms with E-state index in [0.29, 0.717) is 25.0 Å². The molecule has 1 aliphatic rings. The van der Waals surface area contributed by atoms with E-state index in [2.05, 4.69) is 36.4 Å². The molecule has 0 saturated carbocycles. The third-order valence-electron chi connectivity index (χ3n) is 4.30. The van der Waals surface area contributed by atoms with Gasteiger partial charge in [-0.1, -0.05) is 20.8 Å². The van der Waals surface area contributed by atoms with Crippen LogP contribution in [0.1, 0.15) is 33.6 Å². The summed E-state index contributed by atoms with van der Waals surface area (Å²) in [5.74, 6) is 1.04. The molecule has 2 N–H and O–H groups in total. The number of amides is 1. The molecular formula is C18H37IN4O3. The van der Waals surface area contributed by atoms with E-state index in [9.17, 15) is 4.79 Å². The van der Waals surface area contributed by atoms with Gasteiger partial charge in [-0.2, -0.15) is 0 Å². The molecular weight excluding hydrogens is 447 g/mol. The Bertz CT molecular complexity index is 439. The number of hydrogen-bond donors (Lipinski definition) is 2. The Morgan fingerprint density at radius 2 is 2.00 bits per heavy atom. The van der Waals surface area contributed by atoms with Crippen LogP contribution in [0.15, 0.2) is 4.99 Å². The number of halogens is 1. The third kappa shape index (κ3) is 9.36. The van der Waals surface area contributed by atoms with E-state index in [1.807, 2.05) is 0 Å². The van der Waals surface area contributed by atoms with Crippen LogP contribution in [-0.4, -0.2) is 76.9 Å². The van der Waals surface area contributed by atoms with E-state index in [0.717, 1.165) is 26.0 Å². The van der Waals surface area contributed by atoms with E-state index < -0.39 is 0 Å². The molecule has 1 amide bonds. The summed E-state index contributed by atoms with van der Waals surface area (Å²) >= 11 is 0. The van der Waals surface area contributed by atoms with Crippen LogP contribution in [0.25, 0.3) is 0 Å². The molecule has 7 nitrogen and oxygen atoms in total. The number of carbonyl (C=O) groups is 1. The third-order valence-corrected chi connectivity index (χ3v) is 4.30. The molecule has 2 atom stereocenters. The first-order chi connectivity index (χ1) is 11.8. The Labute approximate surface area is 175 Å². The molecule has 1 saturated heterocycles. The van der Waals surface area contributed by atoms with Crippen molar-refractivity contribution in [3.63, 3.8) is 0 Å². The van der Waals surface area contributed by atoms with Gasteiger partial charge in [0.15, 0.2) is 5.96 Å². The average molecular weight is 484 g/mol. The second-order valence-electron chi connectivity index (χ2n) is 7.81. The number of rotatable bonds is 7. The second-order valence-corrected chi connectivity index (χ2v) is 7.81. The fourth-order valence-corrected chi connectivity index (χ4v) is 2.97. The minimum Gasteiger partial charge on any atom is -0.383 e. The van der Waals surface area contributed by atoms with Crippen molar-refractivity contribution in [3.05, 3.63) is 0 Å². The van der Waals surface area contributed by atoms with Crippen LogP contribution in [0.4, 0.5) is 0 Å². The van der Waals surface area contributed by atoms with Gasteiger partial charge in [-0.3, -0.25) is 4.79 Å². The highest BCUT2D eigenvalue weighted by Gasteiger charge is 2.35. The van der Waals surface area contributed by atoms with Crippen molar-refractivity contribution in [3.8, 4) is 0 Å². The maximum Gasteiger partial charge on any atom is 0.243 e. The first-order valence-corrected chi connectivity index (χ1v) is 9.08. The Hall–Kier alpha value is -0.610. The number of nitrogens with zero attached hydrogens (tertiary/aromatic N) is 2. The fourth-order valence-electron chi connectivity index (χ4n) is 2.97. The van der Waals surface area contributed by atoms with Gasteiger partial charge in [0.05, 0.1) is 12.7 Å². The van der Waals surface area contributed by atoms with E-state index in [1.54, 1.807) is 26.1 Å². The molecule has 0 aromatic carbocycles. The van der Waals surface area contributed by atoms with Crippen molar-refractivity contribution in [1.29, 1.82) is 0 Å². The molecule has 0 aromatic rings. The smallest absolute Gasteiger partial charge is 0.243 e. The monoisotopic (exact) mass is 484 g/mol. The van der Waals surface area contributed by atoms with Gasteiger partial charge < -0.3 is 25.0 Å². The lowest BCUT2D eigenvalue weighted by atomic mass is 9.78. The number of aliphatic imine (C=N–C) groups is 1. The van der Waals surface area contributed by atoms with Crippen LogP contribution < -0.4 is 10.6 Å². The van der Waals surface area contributed by atoms with Crippen LogP contribution in [0.5, 0.6) is 0 Å². The minimum atomic E-state index is -0.0265. The van der Waals surface area contributed by atoms with Gasteiger partial charge in [0.25, 0.3) is 0 Å². The second kappa shape index (κ2) is 12.7. The van der Waals surface area contributed by atoms with E-state index in [-0.39, 0.29) is 47.9 Å². The average Bonchev–Trinajstić information content (AvgIpc) is 2.56. The predicted molar refractivity (Wildman–Crippen MR) is 116 cm³/mol. The molecule has 1 rings (SSSR count). The molecule has 0 aromatic heterocycles. The van der Waals surface area contributed by atoms with Crippen molar-refractivity contribution in [2.24, 2.45) is 16.3 Å². The van der Waals surface area contributed by atoms with Gasteiger partial charge in [0.2, 0.25) is 5.91 Å². The summed E-state index contributed by atoms with van der Waals surface area (Å²) in [5.41, 5.74) is 0.106. The lowest BCUT2D eigenvalue weighted by molar-refractivity contribution is -0.127. The highest BCUT2D eigenvalue weighted by atomic mass is 127. The summed E-state index contributed by atoms with van der Waals surface area (Å²) in [4.78, 5) is 17.7. The van der Waals surface area contributed by atoms with E-state index in [1.165, 1.54) is 0 Å². The van der Waals surface area contributed by atoms with Gasteiger partial charge in [0.1, 0.15) is 6.54 Å². The molecule has 26 heavy (non-hydrogen) atoms. The van der Waals surface area contributed by atoms with E-state index >= 15 is 0 Å². The first-order valence-electron chi connectivity index (χ1n) is 9.08. The number of likely N-dealkylation sites (N-methyl/N-ethyl adjacent to an activating group) is 1. The molecule has 154 valence electrons. The number of ether oxygens (including phenoxy) is 2. The highest BCUT2D eigenvalue weighted by molar-refractivity contribution is 14.0. The van der Waals surface area contributed by atoms with Gasteiger partial charge in [0, 0.05) is 46.8 Å². The highest BCUT2D eigenvalue weighted by Crippen LogP contribution is 2.33. The maximum atomic E-state index is 11.8. The first kappa shape index (κ1) is 25.4. The number of hydrogen-bond acceptors (Lipinski definition) is 4. The molecule has 1 aliphatic heterocycles. The molecule has 0 radical (unpaired) electrons. The Kier molecular flexibility index (Phi) is 12.4. The Balaban J connectivity index is 0.00000625. The molecule has 8 heteroatoms. The SMILES string of the molecule is COCCNC(=NCC(=O)N(C)C)NCC1CCCOC1C(C)(C)C.I. The predicted octanol–water partition coefficient (Wildman–Crippen LogP) is 1.72. The van der Waals surface area contributed by atoms with Crippen molar-refractivity contribution >= 4 is 35.8 Å². The van der Waals surface area contributed by atoms with Gasteiger partial charge in [-0.15, -0.1) is 24.0 Å². The van der Waals surface area contributed by atoms with Crippen molar-refractivity contribution in [2.75, 3.05) is 54.1 Å². The topological polar surface area (TPSA) is 75.2 Å². The zero-order chi connectivity index (χ0) is 18.9. The normalized spacial score (nSPS) is 20.9. The zero-order valence-corrected chi connectivity index (χ0v) is 19.5. The molecule has 1 heterocycles. The van der Waals surface area contributed by atoms with Crippen molar-refractivity contribution in [1.82, 2.24) is 15.5 Å². The summed E-state index contributed by atoms with van der Waals surface area (Å²) in [5, 5.41) is 6.59. The summed E-state index contributed by atoms with van der Waals surface area (Å²) in [6, 6.07) is 0. The van der Waals surface area contributed by atoms with E-state index in [4.69, 9.17) is 9.47 Å². The van der Waals surface area contributed by atoms with Crippen LogP contribution in [-0.2, 0) is 14.3 Å². The number of carbonyl (C=O) groups excluding carboxylic acids is 1. The van der Waals surface area contributed by atoms with Crippen molar-refractivity contribution in [2.45, 2.75) is 39.7 Å². The largest absolute Gasteiger partial charge is 0.383 e. The summed E-state index contributed by atoms with van der Waals surface area (Å²) in [6.45, 7) is 9.62. The molecule has 0 spiro atoms. The number of methoxy groups -OCH3 is 1. The molecule has 0 bridgehead atoms. The lowest BCUT2D eigenvalue weighted by Gasteiger charge is -2.40.